The molecule has 1 N–H and O–H groups in total. The molecule has 3 unspecified atom stereocenters. The van der Waals surface area contributed by atoms with Crippen LogP contribution < -0.4 is 5.32 Å². The fourth-order valence-corrected chi connectivity index (χ4v) is 4.85. The average Bonchev–Trinajstić information content (AvgIpc) is 3.42. The molecule has 3 atom stereocenters. The highest BCUT2D eigenvalue weighted by Gasteiger charge is 2.38. The van der Waals surface area contributed by atoms with Gasteiger partial charge in [0.15, 0.2) is 0 Å². The maximum atomic E-state index is 12.7. The number of hydrogen-bond acceptors (Lipinski definition) is 4. The molecule has 2 bridgehead atoms. The average molecular weight is 373 g/mol. The molecule has 0 radical (unpaired) electrons. The van der Waals surface area contributed by atoms with Crippen LogP contribution in [0.5, 0.6) is 0 Å². The molecule has 3 aromatic rings. The summed E-state index contributed by atoms with van der Waals surface area (Å²) >= 11 is 1.61. The van der Waals surface area contributed by atoms with Gasteiger partial charge in [0.25, 0.3) is 5.91 Å². The highest BCUT2D eigenvalue weighted by molar-refractivity contribution is 7.17. The van der Waals surface area contributed by atoms with Crippen LogP contribution in [0.25, 0.3) is 10.1 Å². The summed E-state index contributed by atoms with van der Waals surface area (Å²) < 4.78 is 1.05. The second-order valence-corrected chi connectivity index (χ2v) is 8.13. The van der Waals surface area contributed by atoms with Crippen LogP contribution >= 0.6 is 11.3 Å². The van der Waals surface area contributed by atoms with E-state index >= 15 is 0 Å². The second kappa shape index (κ2) is 6.80. The fraction of sp³-hybridized carbons (Fsp3) is 0.273. The van der Waals surface area contributed by atoms with Gasteiger partial charge in [0, 0.05) is 47.2 Å². The number of thiophene rings is 1. The largest absolute Gasteiger partial charge is 0.346 e. The molecule has 0 saturated carbocycles. The van der Waals surface area contributed by atoms with E-state index in [9.17, 15) is 4.79 Å². The Labute approximate surface area is 162 Å². The molecule has 1 amide bonds. The van der Waals surface area contributed by atoms with E-state index in [1.54, 1.807) is 17.5 Å². The maximum Gasteiger partial charge on any atom is 0.270 e. The molecule has 4 heterocycles. The first kappa shape index (κ1) is 16.5. The summed E-state index contributed by atoms with van der Waals surface area (Å²) in [4.78, 5) is 19.5. The highest BCUT2D eigenvalue weighted by Crippen LogP contribution is 2.28. The van der Waals surface area contributed by atoms with E-state index in [0.717, 1.165) is 34.3 Å². The van der Waals surface area contributed by atoms with Gasteiger partial charge in [-0.15, -0.1) is 11.3 Å². The SMILES string of the molecule is O=C(NC1CN2CCC1C2)c1cc2c(C#Cc3ccccc3)csc2cn1. The monoisotopic (exact) mass is 373 g/mol. The summed E-state index contributed by atoms with van der Waals surface area (Å²) in [7, 11) is 0. The topological polar surface area (TPSA) is 45.2 Å². The molecule has 0 aliphatic carbocycles. The molecule has 27 heavy (non-hydrogen) atoms. The lowest BCUT2D eigenvalue weighted by Crippen LogP contribution is -2.43. The zero-order chi connectivity index (χ0) is 18.2. The van der Waals surface area contributed by atoms with E-state index in [2.05, 4.69) is 27.0 Å². The normalized spacial score (nSPS) is 23.2. The Morgan fingerprint density at radius 3 is 2.89 bits per heavy atom. The Hall–Kier alpha value is -2.68. The minimum atomic E-state index is -0.0798. The third kappa shape index (κ3) is 3.23. The van der Waals surface area contributed by atoms with Gasteiger partial charge in [-0.25, -0.2) is 4.98 Å². The van der Waals surface area contributed by atoms with Crippen LogP contribution in [0.15, 0.2) is 48.0 Å². The lowest BCUT2D eigenvalue weighted by Gasteiger charge is -2.22. The Bertz CT molecular complexity index is 1060. The van der Waals surface area contributed by atoms with Crippen LogP contribution in [0.4, 0.5) is 0 Å². The van der Waals surface area contributed by atoms with Crippen LogP contribution in [0, 0.1) is 17.8 Å². The molecule has 0 spiro atoms. The molecule has 4 nitrogen and oxygen atoms in total. The maximum absolute atomic E-state index is 12.7. The van der Waals surface area contributed by atoms with E-state index in [1.165, 1.54) is 13.0 Å². The summed E-state index contributed by atoms with van der Waals surface area (Å²) in [5.74, 6) is 6.94. The van der Waals surface area contributed by atoms with Gasteiger partial charge in [0.1, 0.15) is 5.69 Å². The molecule has 2 aliphatic heterocycles. The standard InChI is InChI=1S/C22H19N3OS/c26-22(24-20-13-25-9-8-16(20)12-25)19-10-18-17(14-27-21(18)11-23-19)7-6-15-4-2-1-3-5-15/h1-5,10-11,14,16,20H,8-9,12-13H2,(H,24,26). The summed E-state index contributed by atoms with van der Waals surface area (Å²) in [6.45, 7) is 3.24. The fourth-order valence-electron chi connectivity index (χ4n) is 4.01. The molecule has 2 aliphatic rings. The number of piperidine rings is 1. The Balaban J connectivity index is 1.40. The first-order valence-corrected chi connectivity index (χ1v) is 10.1. The van der Waals surface area contributed by atoms with Crippen molar-refractivity contribution in [1.29, 1.82) is 0 Å². The van der Waals surface area contributed by atoms with Gasteiger partial charge in [-0.1, -0.05) is 30.0 Å². The van der Waals surface area contributed by atoms with E-state index in [1.807, 2.05) is 41.8 Å². The minimum absolute atomic E-state index is 0.0798. The van der Waals surface area contributed by atoms with E-state index in [4.69, 9.17) is 0 Å². The van der Waals surface area contributed by atoms with Crippen molar-refractivity contribution in [3.63, 3.8) is 0 Å². The number of hydrogen-bond donors (Lipinski definition) is 1. The number of carbonyl (C=O) groups excluding carboxylic acids is 1. The van der Waals surface area contributed by atoms with Gasteiger partial charge >= 0.3 is 0 Å². The number of rotatable bonds is 2. The van der Waals surface area contributed by atoms with Crippen molar-refractivity contribution >= 4 is 27.3 Å². The molecule has 2 saturated heterocycles. The van der Waals surface area contributed by atoms with Gasteiger partial charge < -0.3 is 10.2 Å². The number of fused-ring (bicyclic) bond motifs is 3. The molecule has 5 heteroatoms. The summed E-state index contributed by atoms with van der Waals surface area (Å²) in [6.07, 6.45) is 2.97. The first-order chi connectivity index (χ1) is 13.3. The quantitative estimate of drug-likeness (QED) is 0.702. The van der Waals surface area contributed by atoms with Crippen molar-refractivity contribution in [2.24, 2.45) is 5.92 Å². The zero-order valence-corrected chi connectivity index (χ0v) is 15.6. The van der Waals surface area contributed by atoms with E-state index in [-0.39, 0.29) is 11.9 Å². The predicted octanol–water partition coefficient (Wildman–Crippen LogP) is 3.13. The van der Waals surface area contributed by atoms with Crippen molar-refractivity contribution in [2.75, 3.05) is 19.6 Å². The van der Waals surface area contributed by atoms with Gasteiger partial charge in [0.05, 0.1) is 4.70 Å². The van der Waals surface area contributed by atoms with Gasteiger partial charge in [-0.05, 0) is 37.1 Å². The second-order valence-electron chi connectivity index (χ2n) is 7.22. The van der Waals surface area contributed by atoms with Gasteiger partial charge in [0.2, 0.25) is 0 Å². The van der Waals surface area contributed by atoms with Gasteiger partial charge in [-0.2, -0.15) is 0 Å². The number of aromatic nitrogens is 1. The minimum Gasteiger partial charge on any atom is -0.346 e. The Kier molecular flexibility index (Phi) is 4.16. The number of carbonyl (C=O) groups is 1. The lowest BCUT2D eigenvalue weighted by atomic mass is 10.00. The molecular formula is C22H19N3OS. The molecule has 5 rings (SSSR count). The van der Waals surface area contributed by atoms with Crippen LogP contribution in [0.1, 0.15) is 28.0 Å². The van der Waals surface area contributed by atoms with Crippen molar-refractivity contribution in [2.45, 2.75) is 12.5 Å². The van der Waals surface area contributed by atoms with E-state index < -0.39 is 0 Å². The smallest absolute Gasteiger partial charge is 0.270 e. The molecule has 2 aromatic heterocycles. The third-order valence-electron chi connectivity index (χ3n) is 5.46. The van der Waals surface area contributed by atoms with Crippen LogP contribution in [0.2, 0.25) is 0 Å². The van der Waals surface area contributed by atoms with Crippen molar-refractivity contribution in [1.82, 2.24) is 15.2 Å². The number of amides is 1. The number of nitrogens with one attached hydrogen (secondary N) is 1. The summed E-state index contributed by atoms with van der Waals surface area (Å²) in [6, 6.07) is 12.1. The summed E-state index contributed by atoms with van der Waals surface area (Å²) in [5, 5.41) is 6.22. The van der Waals surface area contributed by atoms with Gasteiger partial charge in [-0.3, -0.25) is 4.79 Å². The van der Waals surface area contributed by atoms with Crippen LogP contribution in [-0.2, 0) is 0 Å². The predicted molar refractivity (Wildman–Crippen MR) is 108 cm³/mol. The van der Waals surface area contributed by atoms with Crippen molar-refractivity contribution < 1.29 is 4.79 Å². The molecule has 1 aromatic carbocycles. The van der Waals surface area contributed by atoms with Crippen molar-refractivity contribution in [3.05, 3.63) is 64.8 Å². The third-order valence-corrected chi connectivity index (χ3v) is 6.39. The molecular weight excluding hydrogens is 354 g/mol. The molecule has 134 valence electrons. The highest BCUT2D eigenvalue weighted by atomic mass is 32.1. The first-order valence-electron chi connectivity index (χ1n) is 9.24. The molecule has 2 fully saturated rings. The number of nitrogens with zero attached hydrogens (tertiary/aromatic N) is 2. The zero-order valence-electron chi connectivity index (χ0n) is 14.8. The Morgan fingerprint density at radius 1 is 1.22 bits per heavy atom. The van der Waals surface area contributed by atoms with E-state index in [0.29, 0.717) is 11.6 Å². The number of benzene rings is 1. The van der Waals surface area contributed by atoms with Crippen LogP contribution in [0.3, 0.4) is 0 Å². The number of pyridine rings is 1. The summed E-state index contributed by atoms with van der Waals surface area (Å²) in [5.41, 5.74) is 2.40. The lowest BCUT2D eigenvalue weighted by molar-refractivity contribution is 0.0919. The Morgan fingerprint density at radius 2 is 2.11 bits per heavy atom. The van der Waals surface area contributed by atoms with Crippen molar-refractivity contribution in [3.8, 4) is 11.8 Å². The van der Waals surface area contributed by atoms with Crippen LogP contribution in [-0.4, -0.2) is 41.5 Å².